The van der Waals surface area contributed by atoms with Crippen molar-refractivity contribution in [2.24, 2.45) is 5.73 Å². The molecule has 0 aromatic heterocycles. The third kappa shape index (κ3) is 3.44. The van der Waals surface area contributed by atoms with E-state index in [-0.39, 0.29) is 0 Å². The molecule has 0 radical (unpaired) electrons. The zero-order valence-electron chi connectivity index (χ0n) is 12.1. The highest BCUT2D eigenvalue weighted by molar-refractivity contribution is 7.80. The Morgan fingerprint density at radius 1 is 1.00 bits per heavy atom. The zero-order valence-corrected chi connectivity index (χ0v) is 13.0. The molecule has 0 bridgehead atoms. The highest BCUT2D eigenvalue weighted by Crippen LogP contribution is 2.38. The zero-order chi connectivity index (χ0) is 14.4. The first-order valence-corrected chi connectivity index (χ1v) is 7.81. The molecule has 0 heterocycles. The maximum atomic E-state index is 5.21. The summed E-state index contributed by atoms with van der Waals surface area (Å²) < 4.78 is 0. The summed E-state index contributed by atoms with van der Waals surface area (Å²) in [5, 5.41) is 0. The Kier molecular flexibility index (Phi) is 5.69. The summed E-state index contributed by atoms with van der Waals surface area (Å²) in [6.45, 7) is 3.03. The van der Waals surface area contributed by atoms with Crippen molar-refractivity contribution in [2.45, 2.75) is 37.5 Å². The minimum absolute atomic E-state index is 0.855. The van der Waals surface area contributed by atoms with Gasteiger partial charge in [0.15, 0.2) is 0 Å². The van der Waals surface area contributed by atoms with E-state index >= 15 is 0 Å². The molecule has 1 aliphatic rings. The van der Waals surface area contributed by atoms with E-state index in [1.165, 1.54) is 41.5 Å². The molecule has 0 aliphatic heterocycles. The predicted molar refractivity (Wildman–Crippen MR) is 90.5 cm³/mol. The summed E-state index contributed by atoms with van der Waals surface area (Å²) in [6, 6.07) is 14.9. The first-order chi connectivity index (χ1) is 9.77. The standard InChI is InChI=1S/C13H10S.C5H13N/c14-13-7-3-6-11-10-5-2-1-4-9(10)8-12(11)13;1-2-3-4-5-6/h1-7,14H,8H2;2-6H2,1H3. The number of benzene rings is 2. The Hall–Kier alpha value is -1.25. The van der Waals surface area contributed by atoms with Crippen molar-refractivity contribution in [1.82, 2.24) is 0 Å². The van der Waals surface area contributed by atoms with Crippen LogP contribution >= 0.6 is 12.6 Å². The Morgan fingerprint density at radius 2 is 1.75 bits per heavy atom. The summed E-state index contributed by atoms with van der Waals surface area (Å²) in [4.78, 5) is 1.11. The summed E-state index contributed by atoms with van der Waals surface area (Å²) in [5.41, 5.74) is 10.7. The molecule has 1 nitrogen and oxygen atoms in total. The lowest BCUT2D eigenvalue weighted by Crippen LogP contribution is -1.96. The minimum Gasteiger partial charge on any atom is -0.330 e. The fourth-order valence-corrected chi connectivity index (χ4v) is 2.82. The lowest BCUT2D eigenvalue weighted by atomic mass is 10.1. The van der Waals surface area contributed by atoms with Crippen molar-refractivity contribution in [3.05, 3.63) is 53.6 Å². The van der Waals surface area contributed by atoms with E-state index < -0.39 is 0 Å². The Labute approximate surface area is 127 Å². The maximum absolute atomic E-state index is 5.21. The second-order valence-electron chi connectivity index (χ2n) is 5.13. The first-order valence-electron chi connectivity index (χ1n) is 7.37. The summed E-state index contributed by atoms with van der Waals surface area (Å²) in [7, 11) is 0. The van der Waals surface area contributed by atoms with Crippen LogP contribution < -0.4 is 5.73 Å². The van der Waals surface area contributed by atoms with Crippen LogP contribution in [0.3, 0.4) is 0 Å². The molecule has 0 atom stereocenters. The van der Waals surface area contributed by atoms with Crippen molar-refractivity contribution in [3.63, 3.8) is 0 Å². The SMILES string of the molecule is CCCCCN.Sc1cccc2c1Cc1ccccc1-2. The van der Waals surface area contributed by atoms with Crippen LogP contribution in [0, 0.1) is 0 Å². The summed E-state index contributed by atoms with van der Waals surface area (Å²) in [6.07, 6.45) is 4.79. The molecule has 2 aromatic rings. The number of fused-ring (bicyclic) bond motifs is 3. The van der Waals surface area contributed by atoms with Crippen LogP contribution in [-0.2, 0) is 6.42 Å². The van der Waals surface area contributed by atoms with Gasteiger partial charge in [0.05, 0.1) is 0 Å². The van der Waals surface area contributed by atoms with Gasteiger partial charge in [0.2, 0.25) is 0 Å². The number of hydrogen-bond acceptors (Lipinski definition) is 2. The highest BCUT2D eigenvalue weighted by atomic mass is 32.1. The predicted octanol–water partition coefficient (Wildman–Crippen LogP) is 4.68. The van der Waals surface area contributed by atoms with Gasteiger partial charge in [-0.3, -0.25) is 0 Å². The molecule has 0 amide bonds. The molecule has 0 spiro atoms. The van der Waals surface area contributed by atoms with E-state index in [1.807, 2.05) is 0 Å². The van der Waals surface area contributed by atoms with Crippen molar-refractivity contribution in [2.75, 3.05) is 6.54 Å². The van der Waals surface area contributed by atoms with Gasteiger partial charge in [-0.25, -0.2) is 0 Å². The van der Waals surface area contributed by atoms with Crippen molar-refractivity contribution >= 4 is 12.6 Å². The number of hydrogen-bond donors (Lipinski definition) is 2. The van der Waals surface area contributed by atoms with Gasteiger partial charge in [0.1, 0.15) is 0 Å². The van der Waals surface area contributed by atoms with E-state index in [4.69, 9.17) is 5.73 Å². The van der Waals surface area contributed by atoms with Gasteiger partial charge in [-0.05, 0) is 47.7 Å². The molecule has 1 aliphatic carbocycles. The molecular formula is C18H23NS. The average molecular weight is 285 g/mol. The van der Waals surface area contributed by atoms with Crippen molar-refractivity contribution in [3.8, 4) is 11.1 Å². The van der Waals surface area contributed by atoms with Crippen LogP contribution in [0.15, 0.2) is 47.4 Å². The molecule has 3 rings (SSSR count). The number of unbranched alkanes of at least 4 members (excludes halogenated alkanes) is 2. The molecule has 0 unspecified atom stereocenters. The van der Waals surface area contributed by atoms with Gasteiger partial charge in [-0.15, -0.1) is 12.6 Å². The Bertz CT molecular complexity index is 559. The number of nitrogens with two attached hydrogens (primary N) is 1. The normalized spacial score (nSPS) is 11.3. The van der Waals surface area contributed by atoms with Gasteiger partial charge in [-0.1, -0.05) is 56.2 Å². The second-order valence-corrected chi connectivity index (χ2v) is 5.61. The maximum Gasteiger partial charge on any atom is 0.00816 e. The molecular weight excluding hydrogens is 262 g/mol. The molecule has 2 heteroatoms. The quantitative estimate of drug-likeness (QED) is 0.530. The topological polar surface area (TPSA) is 26.0 Å². The van der Waals surface area contributed by atoms with Crippen LogP contribution in [0.4, 0.5) is 0 Å². The van der Waals surface area contributed by atoms with Crippen molar-refractivity contribution < 1.29 is 0 Å². The van der Waals surface area contributed by atoms with Gasteiger partial charge in [0, 0.05) is 4.90 Å². The molecule has 2 aromatic carbocycles. The number of thiol groups is 1. The fraction of sp³-hybridized carbons (Fsp3) is 0.333. The van der Waals surface area contributed by atoms with E-state index in [1.54, 1.807) is 0 Å². The van der Waals surface area contributed by atoms with E-state index in [0.29, 0.717) is 0 Å². The van der Waals surface area contributed by atoms with Crippen molar-refractivity contribution in [1.29, 1.82) is 0 Å². The third-order valence-corrected chi connectivity index (χ3v) is 4.05. The first kappa shape index (κ1) is 15.1. The summed E-state index contributed by atoms with van der Waals surface area (Å²) in [5.74, 6) is 0. The average Bonchev–Trinajstić information content (AvgIpc) is 2.86. The largest absolute Gasteiger partial charge is 0.330 e. The molecule has 2 N–H and O–H groups in total. The highest BCUT2D eigenvalue weighted by Gasteiger charge is 2.18. The minimum atomic E-state index is 0.855. The monoisotopic (exact) mass is 285 g/mol. The van der Waals surface area contributed by atoms with Crippen LogP contribution in [0.1, 0.15) is 37.3 Å². The van der Waals surface area contributed by atoms with Crippen LogP contribution in [0.25, 0.3) is 11.1 Å². The molecule has 20 heavy (non-hydrogen) atoms. The smallest absolute Gasteiger partial charge is 0.00816 e. The Morgan fingerprint density at radius 3 is 2.45 bits per heavy atom. The fourth-order valence-electron chi connectivity index (χ4n) is 2.53. The second kappa shape index (κ2) is 7.51. The van der Waals surface area contributed by atoms with Crippen LogP contribution in [-0.4, -0.2) is 6.54 Å². The van der Waals surface area contributed by atoms with Crippen LogP contribution in [0.2, 0.25) is 0 Å². The molecule has 0 saturated heterocycles. The van der Waals surface area contributed by atoms with Gasteiger partial charge in [-0.2, -0.15) is 0 Å². The Balaban J connectivity index is 0.000000212. The third-order valence-electron chi connectivity index (χ3n) is 3.63. The molecule has 0 saturated carbocycles. The molecule has 106 valence electrons. The van der Waals surface area contributed by atoms with Gasteiger partial charge >= 0.3 is 0 Å². The molecule has 0 fully saturated rings. The summed E-state index contributed by atoms with van der Waals surface area (Å²) >= 11 is 4.49. The van der Waals surface area contributed by atoms with E-state index in [0.717, 1.165) is 17.9 Å². The van der Waals surface area contributed by atoms with E-state index in [9.17, 15) is 0 Å². The number of rotatable bonds is 3. The van der Waals surface area contributed by atoms with E-state index in [2.05, 4.69) is 62.0 Å². The lowest BCUT2D eigenvalue weighted by molar-refractivity contribution is 0.727. The lowest BCUT2D eigenvalue weighted by Gasteiger charge is -2.01. The van der Waals surface area contributed by atoms with Gasteiger partial charge in [0.25, 0.3) is 0 Å². The van der Waals surface area contributed by atoms with Gasteiger partial charge < -0.3 is 5.73 Å². The van der Waals surface area contributed by atoms with Crippen LogP contribution in [0.5, 0.6) is 0 Å².